The molecule has 0 unspecified atom stereocenters. The van der Waals surface area contributed by atoms with E-state index in [1.807, 2.05) is 35.2 Å². The molecule has 0 N–H and O–H groups in total. The number of nitrogens with zero attached hydrogens (tertiary/aromatic N) is 4. The molecule has 1 fully saturated rings. The molecule has 1 aliphatic heterocycles. The van der Waals surface area contributed by atoms with Crippen LogP contribution in [0, 0.1) is 5.82 Å². The fourth-order valence-corrected chi connectivity index (χ4v) is 5.96. The van der Waals surface area contributed by atoms with Crippen LogP contribution in [-0.2, 0) is 0 Å². The predicted molar refractivity (Wildman–Crippen MR) is 153 cm³/mol. The Kier molecular flexibility index (Phi) is 5.48. The molecule has 40 heavy (non-hydrogen) atoms. The van der Waals surface area contributed by atoms with Crippen LogP contribution in [0.25, 0.3) is 38.1 Å². The number of rotatable bonds is 4. The van der Waals surface area contributed by atoms with Gasteiger partial charge >= 0.3 is 0 Å². The van der Waals surface area contributed by atoms with Crippen LogP contribution in [0.3, 0.4) is 0 Å². The Labute approximate surface area is 228 Å². The van der Waals surface area contributed by atoms with Crippen LogP contribution in [-0.4, -0.2) is 60.6 Å². The van der Waals surface area contributed by atoms with Gasteiger partial charge in [-0.3, -0.25) is 14.0 Å². The lowest BCUT2D eigenvalue weighted by Crippen LogP contribution is -2.49. The molecular weight excluding hydrogens is 511 g/mol. The van der Waals surface area contributed by atoms with E-state index in [9.17, 15) is 14.0 Å². The summed E-state index contributed by atoms with van der Waals surface area (Å²) < 4.78 is 27.1. The number of carbonyl (C=O) groups excluding carboxylic acids is 1. The Bertz CT molecular complexity index is 2010. The van der Waals surface area contributed by atoms with Crippen molar-refractivity contribution in [1.82, 2.24) is 14.3 Å². The number of benzene rings is 3. The van der Waals surface area contributed by atoms with Crippen molar-refractivity contribution < 1.29 is 18.7 Å². The zero-order valence-electron chi connectivity index (χ0n) is 22.0. The topological polar surface area (TPSA) is 76.4 Å². The van der Waals surface area contributed by atoms with Gasteiger partial charge in [-0.05, 0) is 36.4 Å². The van der Waals surface area contributed by atoms with Gasteiger partial charge in [-0.1, -0.05) is 30.3 Å². The van der Waals surface area contributed by atoms with Gasteiger partial charge in [0.05, 0.1) is 41.8 Å². The van der Waals surface area contributed by atoms with Gasteiger partial charge in [-0.2, -0.15) is 0 Å². The zero-order valence-corrected chi connectivity index (χ0v) is 22.0. The van der Waals surface area contributed by atoms with Crippen LogP contribution in [0.1, 0.15) is 10.5 Å². The second-order valence-corrected chi connectivity index (χ2v) is 9.86. The molecule has 0 aliphatic carbocycles. The molecule has 4 heterocycles. The Morgan fingerprint density at radius 3 is 2.38 bits per heavy atom. The number of halogens is 1. The maximum atomic E-state index is 14.3. The maximum absolute atomic E-state index is 14.3. The van der Waals surface area contributed by atoms with Crippen LogP contribution < -0.4 is 19.9 Å². The summed E-state index contributed by atoms with van der Waals surface area (Å²) in [5, 5.41) is 2.56. The largest absolute Gasteiger partial charge is 0.493 e. The molecule has 3 aromatic carbocycles. The highest BCUT2D eigenvalue weighted by molar-refractivity contribution is 6.21. The number of carbonyl (C=O) groups is 1. The van der Waals surface area contributed by atoms with Crippen molar-refractivity contribution in [3.63, 3.8) is 0 Å². The molecule has 0 spiro atoms. The molecule has 1 amide bonds. The van der Waals surface area contributed by atoms with Gasteiger partial charge in [0.15, 0.2) is 11.5 Å². The van der Waals surface area contributed by atoms with E-state index in [4.69, 9.17) is 14.5 Å². The van der Waals surface area contributed by atoms with Crippen molar-refractivity contribution in [2.45, 2.75) is 0 Å². The maximum Gasteiger partial charge on any atom is 0.272 e. The molecule has 3 aromatic heterocycles. The highest BCUT2D eigenvalue weighted by atomic mass is 19.1. The van der Waals surface area contributed by atoms with E-state index in [0.29, 0.717) is 70.9 Å². The first-order valence-electron chi connectivity index (χ1n) is 13.0. The molecule has 9 heteroatoms. The highest BCUT2D eigenvalue weighted by Crippen LogP contribution is 2.39. The molecule has 0 radical (unpaired) electrons. The molecular formula is C31H25FN4O4. The molecule has 0 bridgehead atoms. The standard InChI is InChI=1S/C31H25FN4O4/c1-39-25-12-11-19-26(29(25)40-2)31(38)36-23-9-5-3-7-18(23)20-17-22(33-27(19)28(20)36)30(37)35-15-13-34(14-16-35)24-10-6-4-8-21(24)32/h3-12,17H,13-16H2,1-2H3. The third-order valence-electron chi connectivity index (χ3n) is 7.85. The number of para-hydroxylation sites is 2. The van der Waals surface area contributed by atoms with Crippen LogP contribution in [0.2, 0.25) is 0 Å². The van der Waals surface area contributed by atoms with E-state index < -0.39 is 0 Å². The second kappa shape index (κ2) is 9.08. The number of piperazine rings is 1. The Balaban J connectivity index is 1.39. The Morgan fingerprint density at radius 1 is 0.875 bits per heavy atom. The fraction of sp³-hybridized carbons (Fsp3) is 0.194. The first-order chi connectivity index (χ1) is 19.5. The van der Waals surface area contributed by atoms with Gasteiger partial charge in [0.1, 0.15) is 11.5 Å². The summed E-state index contributed by atoms with van der Waals surface area (Å²) in [7, 11) is 3.02. The van der Waals surface area contributed by atoms with Gasteiger partial charge < -0.3 is 19.3 Å². The lowest BCUT2D eigenvalue weighted by atomic mass is 10.1. The molecule has 0 atom stereocenters. The van der Waals surface area contributed by atoms with Crippen LogP contribution in [0.15, 0.2) is 71.5 Å². The molecule has 200 valence electrons. The number of hydrogen-bond donors (Lipinski definition) is 0. The predicted octanol–water partition coefficient (Wildman–Crippen LogP) is 4.71. The van der Waals surface area contributed by atoms with Crippen LogP contribution >= 0.6 is 0 Å². The number of fused-ring (bicyclic) bond motifs is 5. The minimum absolute atomic E-state index is 0.206. The molecule has 7 rings (SSSR count). The Hall–Kier alpha value is -4.92. The average molecular weight is 537 g/mol. The quantitative estimate of drug-likeness (QED) is 0.304. The van der Waals surface area contributed by atoms with Crippen LogP contribution in [0.4, 0.5) is 10.1 Å². The molecule has 6 aromatic rings. The van der Waals surface area contributed by atoms with E-state index in [-0.39, 0.29) is 17.3 Å². The third-order valence-corrected chi connectivity index (χ3v) is 7.85. The third kappa shape index (κ3) is 3.40. The van der Waals surface area contributed by atoms with Gasteiger partial charge in [0.25, 0.3) is 11.5 Å². The van der Waals surface area contributed by atoms with Crippen molar-refractivity contribution in [3.05, 3.63) is 88.6 Å². The van der Waals surface area contributed by atoms with Crippen molar-refractivity contribution >= 4 is 49.7 Å². The lowest BCUT2D eigenvalue weighted by Gasteiger charge is -2.36. The van der Waals surface area contributed by atoms with Crippen LogP contribution in [0.5, 0.6) is 11.5 Å². The van der Waals surface area contributed by atoms with E-state index in [2.05, 4.69) is 0 Å². The SMILES string of the molecule is COc1ccc2c(c1OC)c(=O)n1c3ccccc3c3cc(C(=O)N4CCN(c5ccccc5F)CC4)nc2c31. The summed E-state index contributed by atoms with van der Waals surface area (Å²) in [5.41, 5.74) is 2.51. The lowest BCUT2D eigenvalue weighted by molar-refractivity contribution is 0.0741. The number of hydrogen-bond acceptors (Lipinski definition) is 6. The number of methoxy groups -OCH3 is 2. The minimum atomic E-state index is -0.273. The van der Waals surface area contributed by atoms with Crippen molar-refractivity contribution in [3.8, 4) is 11.5 Å². The van der Waals surface area contributed by atoms with Crippen molar-refractivity contribution in [2.75, 3.05) is 45.3 Å². The number of aromatic nitrogens is 2. The summed E-state index contributed by atoms with van der Waals surface area (Å²) >= 11 is 0. The summed E-state index contributed by atoms with van der Waals surface area (Å²) in [6.45, 7) is 1.89. The molecule has 1 aliphatic rings. The monoisotopic (exact) mass is 536 g/mol. The van der Waals surface area contributed by atoms with Gasteiger partial charge in [0, 0.05) is 42.3 Å². The summed E-state index contributed by atoms with van der Waals surface area (Å²) in [6, 6.07) is 19.6. The number of pyridine rings is 2. The van der Waals surface area contributed by atoms with Crippen molar-refractivity contribution in [2.24, 2.45) is 0 Å². The first kappa shape index (κ1) is 24.1. The van der Waals surface area contributed by atoms with E-state index in [0.717, 1.165) is 16.3 Å². The normalized spacial score (nSPS) is 14.1. The molecule has 0 saturated carbocycles. The van der Waals surface area contributed by atoms with E-state index in [1.165, 1.54) is 20.3 Å². The van der Waals surface area contributed by atoms with E-state index >= 15 is 0 Å². The Morgan fingerprint density at radius 2 is 1.62 bits per heavy atom. The number of amides is 1. The second-order valence-electron chi connectivity index (χ2n) is 9.86. The van der Waals surface area contributed by atoms with Crippen molar-refractivity contribution in [1.29, 1.82) is 0 Å². The molecule has 1 saturated heterocycles. The van der Waals surface area contributed by atoms with Gasteiger partial charge in [0.2, 0.25) is 0 Å². The highest BCUT2D eigenvalue weighted by Gasteiger charge is 2.28. The zero-order chi connectivity index (χ0) is 27.5. The smallest absolute Gasteiger partial charge is 0.272 e. The first-order valence-corrected chi connectivity index (χ1v) is 13.0. The average Bonchev–Trinajstić information content (AvgIpc) is 3.34. The number of ether oxygens (including phenoxy) is 2. The molecule has 8 nitrogen and oxygen atoms in total. The summed E-state index contributed by atoms with van der Waals surface area (Å²) in [6.07, 6.45) is 0. The van der Waals surface area contributed by atoms with Gasteiger partial charge in [-0.15, -0.1) is 0 Å². The van der Waals surface area contributed by atoms with E-state index in [1.54, 1.807) is 39.6 Å². The summed E-state index contributed by atoms with van der Waals surface area (Å²) in [5.74, 6) is 0.280. The fourth-order valence-electron chi connectivity index (χ4n) is 5.96. The summed E-state index contributed by atoms with van der Waals surface area (Å²) in [4.78, 5) is 36.4. The van der Waals surface area contributed by atoms with Gasteiger partial charge in [-0.25, -0.2) is 9.37 Å². The number of anilines is 1. The minimum Gasteiger partial charge on any atom is -0.493 e.